The van der Waals surface area contributed by atoms with Crippen molar-refractivity contribution in [1.29, 1.82) is 0 Å². The maximum atomic E-state index is 2.49. The summed E-state index contributed by atoms with van der Waals surface area (Å²) < 4.78 is 0. The van der Waals surface area contributed by atoms with Crippen LogP contribution in [-0.2, 0) is 30.1 Å². The molecule has 0 fully saturated rings. The molecule has 26 heavy (non-hydrogen) atoms. The van der Waals surface area contributed by atoms with Gasteiger partial charge in [-0.1, -0.05) is 78.0 Å². The van der Waals surface area contributed by atoms with Crippen LogP contribution in [0.15, 0.2) is 30.3 Å². The Hall–Kier alpha value is -1.82. The second-order valence-electron chi connectivity index (χ2n) is 10.2. The minimum atomic E-state index is 0.160. The van der Waals surface area contributed by atoms with Gasteiger partial charge in [-0.15, -0.1) is 0 Å². The zero-order valence-corrected chi connectivity index (χ0v) is 17.3. The molecule has 0 heterocycles. The van der Waals surface area contributed by atoms with E-state index in [0.29, 0.717) is 0 Å². The molecule has 2 aliphatic carbocycles. The van der Waals surface area contributed by atoms with Crippen molar-refractivity contribution in [3.63, 3.8) is 0 Å². The average Bonchev–Trinajstić information content (AvgIpc) is 3.18. The number of hydrogen-bond donors (Lipinski definition) is 0. The van der Waals surface area contributed by atoms with Crippen molar-refractivity contribution in [2.75, 3.05) is 0 Å². The summed E-state index contributed by atoms with van der Waals surface area (Å²) in [6, 6.07) is 9.85. The maximum absolute atomic E-state index is 2.49. The third kappa shape index (κ3) is 2.94. The molecule has 4 rings (SSSR count). The van der Waals surface area contributed by atoms with E-state index in [1.807, 2.05) is 0 Å². The van der Waals surface area contributed by atoms with Crippen LogP contribution in [0.25, 0.3) is 17.2 Å². The number of aryl methyl sites for hydroxylation is 1. The first-order chi connectivity index (χ1) is 12.1. The molecule has 0 unspecified atom stereocenters. The Bertz CT molecular complexity index is 862. The summed E-state index contributed by atoms with van der Waals surface area (Å²) in [5, 5.41) is 0. The lowest BCUT2D eigenvalue weighted by Gasteiger charge is -2.27. The molecule has 0 radical (unpaired) electrons. The van der Waals surface area contributed by atoms with E-state index in [9.17, 15) is 0 Å². The number of allylic oxidation sites excluding steroid dienone is 1. The highest BCUT2D eigenvalue weighted by Gasteiger charge is 2.26. The second kappa shape index (κ2) is 5.84. The normalized spacial score (nSPS) is 16.1. The van der Waals surface area contributed by atoms with Crippen LogP contribution in [0.5, 0.6) is 0 Å². The fourth-order valence-corrected chi connectivity index (χ4v) is 4.45. The highest BCUT2D eigenvalue weighted by atomic mass is 14.3. The second-order valence-corrected chi connectivity index (χ2v) is 10.2. The fraction of sp³-hybridized carbons (Fsp3) is 0.462. The molecular formula is C26H32. The smallest absolute Gasteiger partial charge is 0.00736 e. The minimum absolute atomic E-state index is 0.160. The van der Waals surface area contributed by atoms with Gasteiger partial charge in [0.15, 0.2) is 0 Å². The minimum Gasteiger partial charge on any atom is -0.0795 e. The van der Waals surface area contributed by atoms with Gasteiger partial charge in [-0.2, -0.15) is 0 Å². The van der Waals surface area contributed by atoms with Crippen molar-refractivity contribution in [3.8, 4) is 11.1 Å². The van der Waals surface area contributed by atoms with Crippen molar-refractivity contribution in [3.05, 3.63) is 63.7 Å². The molecule has 2 aromatic rings. The van der Waals surface area contributed by atoms with Crippen molar-refractivity contribution in [2.45, 2.75) is 78.1 Å². The van der Waals surface area contributed by atoms with Gasteiger partial charge in [0.1, 0.15) is 0 Å². The topological polar surface area (TPSA) is 0 Å². The molecule has 2 aliphatic rings. The summed E-state index contributed by atoms with van der Waals surface area (Å²) in [6.07, 6.45) is 9.59. The summed E-state index contributed by atoms with van der Waals surface area (Å²) in [4.78, 5) is 0. The lowest BCUT2D eigenvalue weighted by Crippen LogP contribution is -2.16. The van der Waals surface area contributed by atoms with Crippen molar-refractivity contribution >= 4 is 6.08 Å². The van der Waals surface area contributed by atoms with Gasteiger partial charge in [0.05, 0.1) is 0 Å². The molecule has 0 amide bonds. The predicted molar refractivity (Wildman–Crippen MR) is 114 cm³/mol. The number of benzene rings is 2. The molecule has 0 nitrogen and oxygen atoms in total. The third-order valence-corrected chi connectivity index (χ3v) is 6.10. The van der Waals surface area contributed by atoms with Crippen LogP contribution in [0.4, 0.5) is 0 Å². The van der Waals surface area contributed by atoms with Crippen LogP contribution in [0.3, 0.4) is 0 Å². The van der Waals surface area contributed by atoms with Crippen LogP contribution in [0.2, 0.25) is 0 Å². The monoisotopic (exact) mass is 344 g/mol. The van der Waals surface area contributed by atoms with E-state index in [0.717, 1.165) is 6.42 Å². The van der Waals surface area contributed by atoms with Crippen molar-refractivity contribution in [1.82, 2.24) is 0 Å². The molecule has 136 valence electrons. The summed E-state index contributed by atoms with van der Waals surface area (Å²) in [5.41, 5.74) is 12.4. The van der Waals surface area contributed by atoms with E-state index < -0.39 is 0 Å². The Morgan fingerprint density at radius 2 is 1.38 bits per heavy atom. The lowest BCUT2D eigenvalue weighted by molar-refractivity contribution is 0.569. The van der Waals surface area contributed by atoms with Crippen LogP contribution in [-0.4, -0.2) is 0 Å². The van der Waals surface area contributed by atoms with Gasteiger partial charge in [0.2, 0.25) is 0 Å². The molecule has 0 heteroatoms. The van der Waals surface area contributed by atoms with E-state index in [1.165, 1.54) is 52.6 Å². The van der Waals surface area contributed by atoms with Gasteiger partial charge in [-0.3, -0.25) is 0 Å². The molecule has 2 aromatic carbocycles. The van der Waals surface area contributed by atoms with E-state index in [4.69, 9.17) is 0 Å². The maximum Gasteiger partial charge on any atom is -0.00736 e. The van der Waals surface area contributed by atoms with E-state index in [2.05, 4.69) is 78.0 Å². The Balaban J connectivity index is 2.02. The van der Waals surface area contributed by atoms with Gasteiger partial charge in [-0.05, 0) is 81.0 Å². The zero-order chi connectivity index (χ0) is 18.7. The van der Waals surface area contributed by atoms with Gasteiger partial charge in [0, 0.05) is 0 Å². The van der Waals surface area contributed by atoms with Crippen LogP contribution in [0.1, 0.15) is 81.3 Å². The molecule has 0 atom stereocenters. The molecule has 0 saturated carbocycles. The summed E-state index contributed by atoms with van der Waals surface area (Å²) >= 11 is 0. The van der Waals surface area contributed by atoms with Gasteiger partial charge >= 0.3 is 0 Å². The number of hydrogen-bond acceptors (Lipinski definition) is 0. The molecule has 0 bridgehead atoms. The molecule has 0 saturated heterocycles. The standard InChI is InChI=1S/C26H32/c1-25(2,3)20-14-19(15-21(16-20)26(4,5)6)24-22-11-7-9-17(22)13-18-10-8-12-23(18)24/h7,11,13-16H,8-10,12H2,1-6H3. The quantitative estimate of drug-likeness (QED) is 0.522. The first kappa shape index (κ1) is 17.6. The number of fused-ring (bicyclic) bond motifs is 2. The predicted octanol–water partition coefficient (Wildman–Crippen LogP) is 7.01. The Morgan fingerprint density at radius 3 is 2.00 bits per heavy atom. The largest absolute Gasteiger partial charge is 0.0795 e. The van der Waals surface area contributed by atoms with Crippen LogP contribution >= 0.6 is 0 Å². The van der Waals surface area contributed by atoms with Crippen LogP contribution in [0, 0.1) is 0 Å². The SMILES string of the molecule is CC(C)(C)c1cc(-c2c3c(cc4c2CCC4)CC=C3)cc(C(C)(C)C)c1. The highest BCUT2D eigenvalue weighted by Crippen LogP contribution is 2.42. The highest BCUT2D eigenvalue weighted by molar-refractivity contribution is 5.84. The third-order valence-electron chi connectivity index (χ3n) is 6.10. The Morgan fingerprint density at radius 1 is 0.731 bits per heavy atom. The lowest BCUT2D eigenvalue weighted by atomic mass is 9.77. The van der Waals surface area contributed by atoms with Gasteiger partial charge < -0.3 is 0 Å². The molecule has 0 N–H and O–H groups in total. The van der Waals surface area contributed by atoms with E-state index in [1.54, 1.807) is 11.1 Å². The Kier molecular flexibility index (Phi) is 3.95. The molecule has 0 aliphatic heterocycles. The molecule has 0 spiro atoms. The van der Waals surface area contributed by atoms with Crippen molar-refractivity contribution < 1.29 is 0 Å². The first-order valence-corrected chi connectivity index (χ1v) is 10.2. The Labute approximate surface area is 159 Å². The molecular weight excluding hydrogens is 312 g/mol. The first-order valence-electron chi connectivity index (χ1n) is 10.2. The molecule has 0 aromatic heterocycles. The summed E-state index contributed by atoms with van der Waals surface area (Å²) in [6.45, 7) is 14.0. The van der Waals surface area contributed by atoms with Crippen molar-refractivity contribution in [2.24, 2.45) is 0 Å². The van der Waals surface area contributed by atoms with Gasteiger partial charge in [-0.25, -0.2) is 0 Å². The van der Waals surface area contributed by atoms with E-state index in [-0.39, 0.29) is 10.8 Å². The van der Waals surface area contributed by atoms with E-state index >= 15 is 0 Å². The zero-order valence-electron chi connectivity index (χ0n) is 17.3. The number of rotatable bonds is 1. The summed E-state index contributed by atoms with van der Waals surface area (Å²) in [5.74, 6) is 0. The fourth-order valence-electron chi connectivity index (χ4n) is 4.45. The van der Waals surface area contributed by atoms with Gasteiger partial charge in [0.25, 0.3) is 0 Å². The average molecular weight is 345 g/mol. The summed E-state index contributed by atoms with van der Waals surface area (Å²) in [7, 11) is 0. The van der Waals surface area contributed by atoms with Crippen LogP contribution < -0.4 is 0 Å².